The maximum Gasteiger partial charge on any atom is 0.133 e. The van der Waals surface area contributed by atoms with E-state index < -0.39 is 24.5 Å². The van der Waals surface area contributed by atoms with Gasteiger partial charge in [-0.1, -0.05) is 0 Å². The van der Waals surface area contributed by atoms with Gasteiger partial charge >= 0.3 is 0 Å². The minimum absolute atomic E-state index is 0.0966. The quantitative estimate of drug-likeness (QED) is 0.253. The molecule has 0 aliphatic carbocycles. The van der Waals surface area contributed by atoms with Crippen molar-refractivity contribution in [1.29, 1.82) is 0 Å². The number of aliphatic hydroxyl groups is 4. The molecule has 0 aromatic rings. The average Bonchev–Trinajstić information content (AvgIpc) is 1.93. The molecule has 1 unspecified atom stereocenters. The van der Waals surface area contributed by atoms with Gasteiger partial charge in [0.05, 0.1) is 6.10 Å². The number of β-amino-alcohol motifs (C(OH)–C–C–N with tert-alkyl or cyclic N) is 1. The van der Waals surface area contributed by atoms with E-state index in [0.717, 1.165) is 0 Å². The van der Waals surface area contributed by atoms with Gasteiger partial charge in [0, 0.05) is 6.54 Å². The molecule has 10 heavy (non-hydrogen) atoms. The van der Waals surface area contributed by atoms with Gasteiger partial charge < -0.3 is 20.4 Å². The van der Waals surface area contributed by atoms with Crippen LogP contribution in [0.4, 0.5) is 0 Å². The molecule has 5 nitrogen and oxygen atoms in total. The van der Waals surface area contributed by atoms with Crippen LogP contribution in [0.1, 0.15) is 0 Å². The molecule has 1 fully saturated rings. The Bertz CT molecular complexity index is 106. The maximum absolute atomic E-state index is 8.92. The molecule has 0 spiro atoms. The van der Waals surface area contributed by atoms with Gasteiger partial charge in [0.15, 0.2) is 0 Å². The van der Waals surface area contributed by atoms with Crippen LogP contribution in [-0.4, -0.2) is 51.5 Å². The molecule has 1 saturated heterocycles. The zero-order valence-electron chi connectivity index (χ0n) is 5.31. The highest BCUT2D eigenvalue weighted by Crippen LogP contribution is 2.07. The Morgan fingerprint density at radius 1 is 1.00 bits per heavy atom. The van der Waals surface area contributed by atoms with Crippen LogP contribution in [0.25, 0.3) is 0 Å². The van der Waals surface area contributed by atoms with Gasteiger partial charge in [-0.25, -0.2) is 0 Å². The van der Waals surface area contributed by atoms with Gasteiger partial charge in [-0.2, -0.15) is 0 Å². The van der Waals surface area contributed by atoms with Crippen LogP contribution >= 0.6 is 0 Å². The minimum atomic E-state index is -1.30. The molecule has 0 bridgehead atoms. The van der Waals surface area contributed by atoms with Gasteiger partial charge in [-0.05, 0) is 0 Å². The maximum atomic E-state index is 8.92. The Balaban J connectivity index is 2.52. The van der Waals surface area contributed by atoms with Crippen LogP contribution in [-0.2, 0) is 0 Å². The van der Waals surface area contributed by atoms with Crippen LogP contribution in [0.5, 0.6) is 0 Å². The summed E-state index contributed by atoms with van der Waals surface area (Å²) in [6, 6.07) is 0. The molecule has 1 aliphatic heterocycles. The van der Waals surface area contributed by atoms with E-state index in [1.54, 1.807) is 0 Å². The third-order valence-electron chi connectivity index (χ3n) is 1.60. The topological polar surface area (TPSA) is 93.0 Å². The predicted octanol–water partition coefficient (Wildman–Crippen LogP) is -3.01. The summed E-state index contributed by atoms with van der Waals surface area (Å²) in [6.45, 7) is 0.0966. The predicted molar refractivity (Wildman–Crippen MR) is 32.0 cm³/mol. The molecular weight excluding hydrogens is 138 g/mol. The SMILES string of the molecule is OC1NC[C@@H](O)[C@@H](O)[C@@H]1O. The molecule has 0 aromatic carbocycles. The first-order valence-electron chi connectivity index (χ1n) is 3.08. The fraction of sp³-hybridized carbons (Fsp3) is 1.00. The molecule has 5 heteroatoms. The van der Waals surface area contributed by atoms with E-state index in [0.29, 0.717) is 0 Å². The normalized spacial score (nSPS) is 49.2. The zero-order valence-corrected chi connectivity index (χ0v) is 5.31. The summed E-state index contributed by atoms with van der Waals surface area (Å²) in [5.41, 5.74) is 0. The van der Waals surface area contributed by atoms with Gasteiger partial charge in [-0.3, -0.25) is 5.32 Å². The summed E-state index contributed by atoms with van der Waals surface area (Å²) in [5.74, 6) is 0. The van der Waals surface area contributed by atoms with Crippen molar-refractivity contribution < 1.29 is 20.4 Å². The third kappa shape index (κ3) is 1.28. The van der Waals surface area contributed by atoms with Gasteiger partial charge in [-0.15, -0.1) is 0 Å². The second-order valence-electron chi connectivity index (χ2n) is 2.40. The smallest absolute Gasteiger partial charge is 0.133 e. The van der Waals surface area contributed by atoms with Crippen molar-refractivity contribution in [2.75, 3.05) is 6.54 Å². The highest BCUT2D eigenvalue weighted by Gasteiger charge is 2.34. The van der Waals surface area contributed by atoms with Crippen molar-refractivity contribution in [2.45, 2.75) is 24.5 Å². The van der Waals surface area contributed by atoms with E-state index in [1.165, 1.54) is 0 Å². The Morgan fingerprint density at radius 2 is 1.60 bits per heavy atom. The number of rotatable bonds is 0. The standard InChI is InChI=1S/C5H11NO4/c7-2-1-6-5(10)4(9)3(2)8/h2-10H,1H2/t2-,3-,4+,5?/m1/s1. The minimum Gasteiger partial charge on any atom is -0.389 e. The number of aliphatic hydroxyl groups excluding tert-OH is 4. The lowest BCUT2D eigenvalue weighted by Gasteiger charge is -2.32. The number of piperidine rings is 1. The summed E-state index contributed by atoms with van der Waals surface area (Å²) >= 11 is 0. The summed E-state index contributed by atoms with van der Waals surface area (Å²) in [6.07, 6.45) is -4.70. The van der Waals surface area contributed by atoms with Crippen LogP contribution in [0.3, 0.4) is 0 Å². The molecule has 1 rings (SSSR count). The van der Waals surface area contributed by atoms with Crippen molar-refractivity contribution in [3.05, 3.63) is 0 Å². The molecule has 0 aromatic heterocycles. The van der Waals surface area contributed by atoms with E-state index in [4.69, 9.17) is 20.4 Å². The lowest BCUT2D eigenvalue weighted by Crippen LogP contribution is -2.59. The van der Waals surface area contributed by atoms with E-state index >= 15 is 0 Å². The first-order chi connectivity index (χ1) is 4.63. The molecule has 4 atom stereocenters. The Kier molecular flexibility index (Phi) is 2.22. The molecule has 1 heterocycles. The molecule has 60 valence electrons. The molecule has 1 aliphatic rings. The zero-order chi connectivity index (χ0) is 7.72. The van der Waals surface area contributed by atoms with Crippen LogP contribution in [0.2, 0.25) is 0 Å². The largest absolute Gasteiger partial charge is 0.389 e. The monoisotopic (exact) mass is 149 g/mol. The molecule has 0 radical (unpaired) electrons. The second-order valence-corrected chi connectivity index (χ2v) is 2.40. The van der Waals surface area contributed by atoms with Crippen LogP contribution in [0.15, 0.2) is 0 Å². The van der Waals surface area contributed by atoms with Gasteiger partial charge in [0.1, 0.15) is 18.4 Å². The van der Waals surface area contributed by atoms with Crippen molar-refractivity contribution in [2.24, 2.45) is 0 Å². The first-order valence-corrected chi connectivity index (χ1v) is 3.08. The number of nitrogens with one attached hydrogen (secondary N) is 1. The van der Waals surface area contributed by atoms with Crippen LogP contribution < -0.4 is 5.32 Å². The fourth-order valence-electron chi connectivity index (χ4n) is 0.897. The van der Waals surface area contributed by atoms with E-state index in [2.05, 4.69) is 5.32 Å². The van der Waals surface area contributed by atoms with Crippen molar-refractivity contribution in [3.8, 4) is 0 Å². The third-order valence-corrected chi connectivity index (χ3v) is 1.60. The van der Waals surface area contributed by atoms with Crippen molar-refractivity contribution in [1.82, 2.24) is 5.32 Å². The Labute approximate surface area is 57.9 Å². The second kappa shape index (κ2) is 2.81. The van der Waals surface area contributed by atoms with Crippen molar-refractivity contribution >= 4 is 0 Å². The van der Waals surface area contributed by atoms with Gasteiger partial charge in [0.2, 0.25) is 0 Å². The lowest BCUT2D eigenvalue weighted by atomic mass is 10.0. The van der Waals surface area contributed by atoms with Crippen LogP contribution in [0, 0.1) is 0 Å². The summed E-state index contributed by atoms with van der Waals surface area (Å²) in [4.78, 5) is 0. The average molecular weight is 149 g/mol. The van der Waals surface area contributed by atoms with Crippen molar-refractivity contribution in [3.63, 3.8) is 0 Å². The fourth-order valence-corrected chi connectivity index (χ4v) is 0.897. The summed E-state index contributed by atoms with van der Waals surface area (Å²) in [7, 11) is 0. The summed E-state index contributed by atoms with van der Waals surface area (Å²) in [5, 5.41) is 37.9. The van der Waals surface area contributed by atoms with E-state index in [-0.39, 0.29) is 6.54 Å². The molecule has 0 saturated carbocycles. The first kappa shape index (κ1) is 7.90. The highest BCUT2D eigenvalue weighted by atomic mass is 16.4. The van der Waals surface area contributed by atoms with E-state index in [1.807, 2.05) is 0 Å². The Hall–Kier alpha value is -0.200. The summed E-state index contributed by atoms with van der Waals surface area (Å²) < 4.78 is 0. The number of hydrogen-bond acceptors (Lipinski definition) is 5. The van der Waals surface area contributed by atoms with Gasteiger partial charge in [0.25, 0.3) is 0 Å². The van der Waals surface area contributed by atoms with E-state index in [9.17, 15) is 0 Å². The lowest BCUT2D eigenvalue weighted by molar-refractivity contribution is -0.139. The number of hydrogen-bond donors (Lipinski definition) is 5. The highest BCUT2D eigenvalue weighted by molar-refractivity contribution is 4.86. The molecular formula is C5H11NO4. The Morgan fingerprint density at radius 3 is 2.10 bits per heavy atom. The molecule has 5 N–H and O–H groups in total. The molecule has 0 amide bonds.